The molecule has 2 aromatic carbocycles. The van der Waals surface area contributed by atoms with E-state index < -0.39 is 9.84 Å². The lowest BCUT2D eigenvalue weighted by atomic mass is 10.1. The van der Waals surface area contributed by atoms with Crippen LogP contribution in [0.1, 0.15) is 11.1 Å². The van der Waals surface area contributed by atoms with Crippen molar-refractivity contribution in [3.05, 3.63) is 53.6 Å². The zero-order chi connectivity index (χ0) is 13.5. The van der Waals surface area contributed by atoms with Crippen LogP contribution < -0.4 is 5.32 Å². The van der Waals surface area contributed by atoms with Crippen LogP contribution >= 0.6 is 0 Å². The lowest BCUT2D eigenvalue weighted by Gasteiger charge is -2.10. The van der Waals surface area contributed by atoms with Crippen molar-refractivity contribution in [2.75, 3.05) is 11.6 Å². The Labute approximate surface area is 112 Å². The van der Waals surface area contributed by atoms with Gasteiger partial charge in [0.2, 0.25) is 0 Å². The van der Waals surface area contributed by atoms with Crippen molar-refractivity contribution in [3.8, 4) is 0 Å². The first-order valence-corrected chi connectivity index (χ1v) is 7.81. The predicted molar refractivity (Wildman–Crippen MR) is 78.2 cm³/mol. The van der Waals surface area contributed by atoms with Crippen molar-refractivity contribution in [2.24, 2.45) is 0 Å². The number of hydrogen-bond acceptors (Lipinski definition) is 3. The molecule has 0 radical (unpaired) electrons. The highest BCUT2D eigenvalue weighted by Gasteiger charge is 2.12. The Hall–Kier alpha value is -2.07. The Morgan fingerprint density at radius 1 is 0.895 bits per heavy atom. The van der Waals surface area contributed by atoms with Gasteiger partial charge in [0.25, 0.3) is 0 Å². The van der Waals surface area contributed by atoms with Gasteiger partial charge in [-0.1, -0.05) is 36.4 Å². The Kier molecular flexibility index (Phi) is 2.68. The standard InChI is InChI=1S/C15H13NO2S/c1-19(17,18)13-9-8-12-7-6-11-4-2-3-5-14(11)16-15(12)10-13/h2-10,16H,1H3. The van der Waals surface area contributed by atoms with E-state index in [2.05, 4.69) is 5.32 Å². The third kappa shape index (κ3) is 2.27. The minimum Gasteiger partial charge on any atom is -0.355 e. The molecule has 0 amide bonds. The molecule has 4 heteroatoms. The minimum absolute atomic E-state index is 0.325. The first-order chi connectivity index (χ1) is 9.04. The molecule has 0 atom stereocenters. The van der Waals surface area contributed by atoms with Gasteiger partial charge in [-0.05, 0) is 29.3 Å². The topological polar surface area (TPSA) is 46.2 Å². The number of nitrogens with one attached hydrogen (secondary N) is 1. The van der Waals surface area contributed by atoms with Gasteiger partial charge in [0.1, 0.15) is 0 Å². The minimum atomic E-state index is -3.19. The van der Waals surface area contributed by atoms with Gasteiger partial charge in [0.05, 0.1) is 4.90 Å². The maximum atomic E-state index is 11.6. The molecule has 0 spiro atoms. The van der Waals surface area contributed by atoms with Crippen LogP contribution in [0.2, 0.25) is 0 Å². The molecule has 96 valence electrons. The maximum absolute atomic E-state index is 11.6. The molecule has 0 bridgehead atoms. The van der Waals surface area contributed by atoms with Gasteiger partial charge in [0, 0.05) is 17.6 Å². The zero-order valence-electron chi connectivity index (χ0n) is 10.4. The molecular weight excluding hydrogens is 258 g/mol. The summed E-state index contributed by atoms with van der Waals surface area (Å²) in [4.78, 5) is 0.325. The van der Waals surface area contributed by atoms with Crippen LogP contribution in [0.15, 0.2) is 47.4 Å². The van der Waals surface area contributed by atoms with E-state index in [0.29, 0.717) is 4.90 Å². The largest absolute Gasteiger partial charge is 0.355 e. The summed E-state index contributed by atoms with van der Waals surface area (Å²) in [7, 11) is -3.19. The van der Waals surface area contributed by atoms with Gasteiger partial charge in [-0.3, -0.25) is 0 Å². The van der Waals surface area contributed by atoms with Crippen LogP contribution in [0.5, 0.6) is 0 Å². The van der Waals surface area contributed by atoms with Crippen molar-refractivity contribution in [1.82, 2.24) is 0 Å². The van der Waals surface area contributed by atoms with Crippen LogP contribution in [0.3, 0.4) is 0 Å². The molecule has 3 nitrogen and oxygen atoms in total. The fourth-order valence-corrected chi connectivity index (χ4v) is 2.75. The van der Waals surface area contributed by atoms with E-state index >= 15 is 0 Å². The summed E-state index contributed by atoms with van der Waals surface area (Å²) in [5.41, 5.74) is 3.84. The Morgan fingerprint density at radius 3 is 2.32 bits per heavy atom. The number of anilines is 2. The quantitative estimate of drug-likeness (QED) is 0.738. The highest BCUT2D eigenvalue weighted by atomic mass is 32.2. The number of benzene rings is 2. The molecule has 3 rings (SSSR count). The summed E-state index contributed by atoms with van der Waals surface area (Å²) in [5.74, 6) is 0. The van der Waals surface area contributed by atoms with Crippen molar-refractivity contribution >= 4 is 33.4 Å². The van der Waals surface area contributed by atoms with E-state index in [9.17, 15) is 8.42 Å². The van der Waals surface area contributed by atoms with Gasteiger partial charge in [0.15, 0.2) is 9.84 Å². The number of para-hydroxylation sites is 1. The first kappa shape index (κ1) is 12.0. The fourth-order valence-electron chi connectivity index (χ4n) is 2.10. The molecule has 0 saturated carbocycles. The average molecular weight is 271 g/mol. The second-order valence-electron chi connectivity index (χ2n) is 4.57. The van der Waals surface area contributed by atoms with Crippen LogP contribution in [-0.2, 0) is 9.84 Å². The number of rotatable bonds is 1. The molecule has 0 unspecified atom stereocenters. The maximum Gasteiger partial charge on any atom is 0.175 e. The van der Waals surface area contributed by atoms with Gasteiger partial charge in [-0.2, -0.15) is 0 Å². The average Bonchev–Trinajstić information content (AvgIpc) is 2.55. The van der Waals surface area contributed by atoms with Gasteiger partial charge in [-0.25, -0.2) is 8.42 Å². The van der Waals surface area contributed by atoms with E-state index in [4.69, 9.17) is 0 Å². The highest BCUT2D eigenvalue weighted by molar-refractivity contribution is 7.90. The van der Waals surface area contributed by atoms with Crippen LogP contribution in [0.4, 0.5) is 11.4 Å². The summed E-state index contributed by atoms with van der Waals surface area (Å²) < 4.78 is 23.2. The van der Waals surface area contributed by atoms with Crippen molar-refractivity contribution in [1.29, 1.82) is 0 Å². The fraction of sp³-hybridized carbons (Fsp3) is 0.0667. The first-order valence-electron chi connectivity index (χ1n) is 5.92. The molecule has 0 fully saturated rings. The summed E-state index contributed by atoms with van der Waals surface area (Å²) in [6.45, 7) is 0. The van der Waals surface area contributed by atoms with Crippen LogP contribution in [-0.4, -0.2) is 14.7 Å². The van der Waals surface area contributed by atoms with Crippen molar-refractivity contribution in [2.45, 2.75) is 4.90 Å². The second kappa shape index (κ2) is 4.24. The summed E-state index contributed by atoms with van der Waals surface area (Å²) in [6.07, 6.45) is 5.23. The SMILES string of the molecule is CS(=O)(=O)c1ccc2c(c1)Nc1ccccc1C=C2. The molecule has 2 aromatic rings. The number of fused-ring (bicyclic) bond motifs is 2. The Bertz CT molecular complexity index is 776. The van der Waals surface area contributed by atoms with Crippen LogP contribution in [0, 0.1) is 0 Å². The van der Waals surface area contributed by atoms with Crippen molar-refractivity contribution in [3.63, 3.8) is 0 Å². The van der Waals surface area contributed by atoms with E-state index in [0.717, 1.165) is 22.5 Å². The van der Waals surface area contributed by atoms with Gasteiger partial charge < -0.3 is 5.32 Å². The van der Waals surface area contributed by atoms with E-state index in [1.165, 1.54) is 6.26 Å². The summed E-state index contributed by atoms with van der Waals surface area (Å²) in [5, 5.41) is 3.29. The molecule has 1 N–H and O–H groups in total. The molecule has 1 heterocycles. The zero-order valence-corrected chi connectivity index (χ0v) is 11.2. The molecular formula is C15H13NO2S. The lowest BCUT2D eigenvalue weighted by molar-refractivity contribution is 0.602. The monoisotopic (exact) mass is 271 g/mol. The van der Waals surface area contributed by atoms with Gasteiger partial charge >= 0.3 is 0 Å². The van der Waals surface area contributed by atoms with Gasteiger partial charge in [-0.15, -0.1) is 0 Å². The number of sulfone groups is 1. The molecule has 1 aliphatic rings. The normalized spacial score (nSPS) is 13.1. The molecule has 0 saturated heterocycles. The van der Waals surface area contributed by atoms with E-state index in [-0.39, 0.29) is 0 Å². The molecule has 0 aliphatic carbocycles. The highest BCUT2D eigenvalue weighted by Crippen LogP contribution is 2.31. The second-order valence-corrected chi connectivity index (χ2v) is 6.58. The smallest absolute Gasteiger partial charge is 0.175 e. The molecule has 0 aromatic heterocycles. The third-order valence-electron chi connectivity index (χ3n) is 3.13. The van der Waals surface area contributed by atoms with Crippen molar-refractivity contribution < 1.29 is 8.42 Å². The predicted octanol–water partition coefficient (Wildman–Crippen LogP) is 3.32. The Morgan fingerprint density at radius 2 is 1.58 bits per heavy atom. The van der Waals surface area contributed by atoms with E-state index in [1.807, 2.05) is 42.5 Å². The van der Waals surface area contributed by atoms with Crippen LogP contribution in [0.25, 0.3) is 12.2 Å². The molecule has 19 heavy (non-hydrogen) atoms. The molecule has 1 aliphatic heterocycles. The Balaban J connectivity index is 2.16. The lowest BCUT2D eigenvalue weighted by Crippen LogP contribution is -2.00. The third-order valence-corrected chi connectivity index (χ3v) is 4.24. The van der Waals surface area contributed by atoms with E-state index in [1.54, 1.807) is 12.1 Å². The number of hydrogen-bond donors (Lipinski definition) is 1. The summed E-state index contributed by atoms with van der Waals surface area (Å²) >= 11 is 0. The summed E-state index contributed by atoms with van der Waals surface area (Å²) in [6, 6.07) is 13.0.